The van der Waals surface area contributed by atoms with Gasteiger partial charge in [-0.2, -0.15) is 0 Å². The van der Waals surface area contributed by atoms with Crippen LogP contribution < -0.4 is 11.3 Å². The van der Waals surface area contributed by atoms with E-state index in [0.29, 0.717) is 9.75 Å². The molecule has 84 valence electrons. The smallest absolute Gasteiger partial charge is 0.317 e. The summed E-state index contributed by atoms with van der Waals surface area (Å²) in [4.78, 5) is 23.0. The highest BCUT2D eigenvalue weighted by atomic mass is 32.1. The number of hydrogen-bond acceptors (Lipinski definition) is 5. The van der Waals surface area contributed by atoms with Crippen molar-refractivity contribution in [2.45, 2.75) is 6.42 Å². The molecule has 0 saturated heterocycles. The average Bonchev–Trinajstić information content (AvgIpc) is 2.76. The third-order valence-electron chi connectivity index (χ3n) is 1.63. The molecule has 6 heteroatoms. The molecule has 0 spiro atoms. The lowest BCUT2D eigenvalue weighted by molar-refractivity contribution is -0.139. The molecule has 0 aliphatic rings. The van der Waals surface area contributed by atoms with E-state index in [1.54, 1.807) is 12.1 Å². The highest BCUT2D eigenvalue weighted by molar-refractivity contribution is 7.14. The normalized spacial score (nSPS) is 8.88. The minimum Gasteiger partial charge on any atom is -0.468 e. The van der Waals surface area contributed by atoms with Crippen LogP contribution in [0.3, 0.4) is 0 Å². The summed E-state index contributed by atoms with van der Waals surface area (Å²) in [5.74, 6) is 9.64. The van der Waals surface area contributed by atoms with Crippen LogP contribution in [0.15, 0.2) is 12.1 Å². The van der Waals surface area contributed by atoms with Crippen LogP contribution in [0.25, 0.3) is 0 Å². The van der Waals surface area contributed by atoms with E-state index in [9.17, 15) is 9.59 Å². The van der Waals surface area contributed by atoms with E-state index in [4.69, 9.17) is 5.84 Å². The fourth-order valence-electron chi connectivity index (χ4n) is 0.874. The van der Waals surface area contributed by atoms with Crippen LogP contribution >= 0.6 is 11.3 Å². The summed E-state index contributed by atoms with van der Waals surface area (Å²) >= 11 is 1.21. The first-order valence-corrected chi connectivity index (χ1v) is 5.15. The Morgan fingerprint density at radius 2 is 2.31 bits per heavy atom. The fourth-order valence-corrected chi connectivity index (χ4v) is 1.66. The predicted octanol–water partition coefficient (Wildman–Crippen LogP) is 0.266. The lowest BCUT2D eigenvalue weighted by Gasteiger charge is -1.91. The number of amides is 1. The standard InChI is InChI=1S/C10H10N2O3S/c1-15-9(13)4-2-3-7-5-6-8(16-7)10(14)12-11/h5-6H,4,11H2,1H3,(H,12,14). The first-order valence-electron chi connectivity index (χ1n) is 4.34. The van der Waals surface area contributed by atoms with Crippen LogP contribution in [0.5, 0.6) is 0 Å². The van der Waals surface area contributed by atoms with Gasteiger partial charge in [0.2, 0.25) is 0 Å². The molecule has 0 atom stereocenters. The number of carbonyl (C=O) groups excluding carboxylic acids is 2. The highest BCUT2D eigenvalue weighted by Crippen LogP contribution is 2.14. The zero-order valence-electron chi connectivity index (χ0n) is 8.57. The number of methoxy groups -OCH3 is 1. The van der Waals surface area contributed by atoms with Crippen molar-refractivity contribution >= 4 is 23.2 Å². The SMILES string of the molecule is COC(=O)CC#Cc1ccc(C(=O)NN)s1. The zero-order chi connectivity index (χ0) is 12.0. The molecule has 0 aliphatic carbocycles. The Bertz CT molecular complexity index is 456. The van der Waals surface area contributed by atoms with Crippen LogP contribution in [0, 0.1) is 11.8 Å². The summed E-state index contributed by atoms with van der Waals surface area (Å²) in [6.07, 6.45) is 0.0345. The van der Waals surface area contributed by atoms with E-state index >= 15 is 0 Å². The third-order valence-corrected chi connectivity index (χ3v) is 2.63. The van der Waals surface area contributed by atoms with Gasteiger partial charge < -0.3 is 4.74 Å². The molecule has 0 bridgehead atoms. The van der Waals surface area contributed by atoms with Crippen molar-refractivity contribution in [1.29, 1.82) is 0 Å². The summed E-state index contributed by atoms with van der Waals surface area (Å²) in [7, 11) is 1.30. The van der Waals surface area contributed by atoms with Crippen molar-refractivity contribution in [3.63, 3.8) is 0 Å². The highest BCUT2D eigenvalue weighted by Gasteiger charge is 2.05. The monoisotopic (exact) mass is 238 g/mol. The molecule has 0 aromatic carbocycles. The van der Waals surface area contributed by atoms with Gasteiger partial charge in [0, 0.05) is 0 Å². The Morgan fingerprint density at radius 1 is 1.56 bits per heavy atom. The number of nitrogens with two attached hydrogens (primary N) is 1. The number of thiophene rings is 1. The minimum atomic E-state index is -0.385. The van der Waals surface area contributed by atoms with Crippen LogP contribution in [0.2, 0.25) is 0 Å². The summed E-state index contributed by atoms with van der Waals surface area (Å²) < 4.78 is 4.43. The Kier molecular flexibility index (Phi) is 4.51. The second-order valence-electron chi connectivity index (χ2n) is 2.69. The predicted molar refractivity (Wildman–Crippen MR) is 59.5 cm³/mol. The molecule has 0 saturated carbocycles. The second-order valence-corrected chi connectivity index (χ2v) is 3.78. The van der Waals surface area contributed by atoms with Gasteiger partial charge in [0.05, 0.1) is 16.9 Å². The van der Waals surface area contributed by atoms with E-state index in [1.807, 2.05) is 5.43 Å². The van der Waals surface area contributed by atoms with Crippen molar-refractivity contribution < 1.29 is 14.3 Å². The van der Waals surface area contributed by atoms with Crippen LogP contribution in [0.4, 0.5) is 0 Å². The minimum absolute atomic E-state index is 0.0345. The molecule has 1 aromatic heterocycles. The van der Waals surface area contributed by atoms with Crippen molar-refractivity contribution in [3.05, 3.63) is 21.9 Å². The molecule has 0 fully saturated rings. The topological polar surface area (TPSA) is 81.4 Å². The summed E-state index contributed by atoms with van der Waals surface area (Å²) in [6, 6.07) is 3.31. The Hall–Kier alpha value is -1.84. The van der Waals surface area contributed by atoms with Crippen molar-refractivity contribution in [3.8, 4) is 11.8 Å². The molecule has 5 nitrogen and oxygen atoms in total. The van der Waals surface area contributed by atoms with Gasteiger partial charge in [0.1, 0.15) is 6.42 Å². The molecule has 1 amide bonds. The molecule has 3 N–H and O–H groups in total. The zero-order valence-corrected chi connectivity index (χ0v) is 9.39. The van der Waals surface area contributed by atoms with E-state index < -0.39 is 0 Å². The number of hydrazine groups is 1. The molecule has 1 heterocycles. The lowest BCUT2D eigenvalue weighted by Crippen LogP contribution is -2.29. The molecule has 0 aliphatic heterocycles. The van der Waals surface area contributed by atoms with Crippen molar-refractivity contribution in [1.82, 2.24) is 5.43 Å². The number of ether oxygens (including phenoxy) is 1. The van der Waals surface area contributed by atoms with Gasteiger partial charge in [-0.05, 0) is 12.1 Å². The van der Waals surface area contributed by atoms with Crippen LogP contribution in [-0.2, 0) is 9.53 Å². The van der Waals surface area contributed by atoms with Gasteiger partial charge in [0.15, 0.2) is 0 Å². The lowest BCUT2D eigenvalue weighted by atomic mass is 10.4. The van der Waals surface area contributed by atoms with Gasteiger partial charge in [-0.3, -0.25) is 15.0 Å². The van der Waals surface area contributed by atoms with Crippen molar-refractivity contribution in [2.24, 2.45) is 5.84 Å². The summed E-state index contributed by atoms with van der Waals surface area (Å²) in [6.45, 7) is 0. The maximum absolute atomic E-state index is 11.1. The van der Waals surface area contributed by atoms with Gasteiger partial charge >= 0.3 is 5.97 Å². The van der Waals surface area contributed by atoms with Gasteiger partial charge in [-0.1, -0.05) is 11.8 Å². The number of esters is 1. The van der Waals surface area contributed by atoms with Gasteiger partial charge in [0.25, 0.3) is 5.91 Å². The third kappa shape index (κ3) is 3.38. The van der Waals surface area contributed by atoms with Crippen LogP contribution in [0.1, 0.15) is 21.0 Å². The average molecular weight is 238 g/mol. The molecular formula is C10H10N2O3S. The maximum atomic E-state index is 11.1. The Morgan fingerprint density at radius 3 is 2.94 bits per heavy atom. The maximum Gasteiger partial charge on any atom is 0.317 e. The molecule has 1 aromatic rings. The van der Waals surface area contributed by atoms with E-state index in [1.165, 1.54) is 18.4 Å². The molecular weight excluding hydrogens is 228 g/mol. The molecule has 16 heavy (non-hydrogen) atoms. The van der Waals surface area contributed by atoms with Gasteiger partial charge in [-0.25, -0.2) is 5.84 Å². The number of carbonyl (C=O) groups is 2. The van der Waals surface area contributed by atoms with Crippen LogP contribution in [-0.4, -0.2) is 19.0 Å². The molecule has 1 rings (SSSR count). The number of nitrogens with one attached hydrogen (secondary N) is 1. The Balaban J connectivity index is 2.65. The van der Waals surface area contributed by atoms with E-state index in [0.717, 1.165) is 0 Å². The van der Waals surface area contributed by atoms with Crippen molar-refractivity contribution in [2.75, 3.05) is 7.11 Å². The summed E-state index contributed by atoms with van der Waals surface area (Å²) in [5, 5.41) is 0. The second kappa shape index (κ2) is 5.90. The van der Waals surface area contributed by atoms with E-state index in [2.05, 4.69) is 16.6 Å². The number of rotatable bonds is 2. The first-order chi connectivity index (χ1) is 7.67. The fraction of sp³-hybridized carbons (Fsp3) is 0.200. The van der Waals surface area contributed by atoms with Gasteiger partial charge in [-0.15, -0.1) is 11.3 Å². The largest absolute Gasteiger partial charge is 0.468 e. The molecule has 0 radical (unpaired) electrons. The number of hydrogen-bond donors (Lipinski definition) is 2. The quantitative estimate of drug-likeness (QED) is 0.255. The Labute approximate surface area is 96.6 Å². The first kappa shape index (κ1) is 12.2. The number of nitrogen functional groups attached to an aromatic ring is 1. The summed E-state index contributed by atoms with van der Waals surface area (Å²) in [5.41, 5.74) is 2.03. The molecule has 0 unspecified atom stereocenters. The van der Waals surface area contributed by atoms with E-state index in [-0.39, 0.29) is 18.3 Å².